The van der Waals surface area contributed by atoms with Crippen LogP contribution in [0.1, 0.15) is 20.3 Å². The number of alkyl halides is 2. The lowest BCUT2D eigenvalue weighted by Gasteiger charge is -2.26. The maximum absolute atomic E-state index is 12.7. The van der Waals surface area contributed by atoms with Gasteiger partial charge in [-0.05, 0) is 13.3 Å². The normalized spacial score (nSPS) is 15.9. The molecule has 0 aliphatic rings. The van der Waals surface area contributed by atoms with Gasteiger partial charge < -0.3 is 15.8 Å². The number of nitrogens with one attached hydrogen (secondary N) is 1. The van der Waals surface area contributed by atoms with Crippen LogP contribution in [0.15, 0.2) is 0 Å². The molecule has 1 atom stereocenters. The average Bonchev–Trinajstić information content (AvgIpc) is 2.24. The Morgan fingerprint density at radius 2 is 2.07 bits per heavy atom. The predicted molar refractivity (Wildman–Crippen MR) is 52.7 cm³/mol. The van der Waals surface area contributed by atoms with Crippen molar-refractivity contribution in [2.75, 3.05) is 20.2 Å². The van der Waals surface area contributed by atoms with Crippen LogP contribution in [-0.2, 0) is 9.53 Å². The third kappa shape index (κ3) is 4.09. The molecule has 4 nitrogen and oxygen atoms in total. The van der Waals surface area contributed by atoms with E-state index in [4.69, 9.17) is 10.5 Å². The highest BCUT2D eigenvalue weighted by molar-refractivity contribution is 5.84. The minimum atomic E-state index is -3.07. The van der Waals surface area contributed by atoms with E-state index in [2.05, 4.69) is 5.32 Å². The fourth-order valence-electron chi connectivity index (χ4n) is 0.866. The molecule has 0 heterocycles. The zero-order chi connectivity index (χ0) is 12.1. The number of hydrogen-bond acceptors (Lipinski definition) is 3. The summed E-state index contributed by atoms with van der Waals surface area (Å²) >= 11 is 0. The monoisotopic (exact) mass is 224 g/mol. The van der Waals surface area contributed by atoms with E-state index < -0.39 is 30.5 Å². The van der Waals surface area contributed by atoms with Gasteiger partial charge in [-0.3, -0.25) is 4.79 Å². The molecule has 0 spiro atoms. The lowest BCUT2D eigenvalue weighted by Crippen LogP contribution is -2.50. The van der Waals surface area contributed by atoms with Gasteiger partial charge in [0.25, 0.3) is 11.8 Å². The van der Waals surface area contributed by atoms with Crippen molar-refractivity contribution in [2.24, 2.45) is 5.73 Å². The molecule has 0 saturated heterocycles. The van der Waals surface area contributed by atoms with Crippen molar-refractivity contribution < 1.29 is 18.3 Å². The van der Waals surface area contributed by atoms with Gasteiger partial charge in [-0.15, -0.1) is 0 Å². The minimum Gasteiger partial charge on any atom is -0.369 e. The van der Waals surface area contributed by atoms with Crippen LogP contribution >= 0.6 is 0 Å². The van der Waals surface area contributed by atoms with Gasteiger partial charge in [0, 0.05) is 7.11 Å². The highest BCUT2D eigenvalue weighted by Gasteiger charge is 2.34. The summed E-state index contributed by atoms with van der Waals surface area (Å²) in [6.07, 6.45) is 0.406. The van der Waals surface area contributed by atoms with Gasteiger partial charge in [-0.2, -0.15) is 0 Å². The second kappa shape index (κ2) is 5.37. The number of methoxy groups -OCH3 is 1. The van der Waals surface area contributed by atoms with Gasteiger partial charge >= 0.3 is 0 Å². The summed E-state index contributed by atoms with van der Waals surface area (Å²) in [4.78, 5) is 11.5. The highest BCUT2D eigenvalue weighted by Crippen LogP contribution is 2.15. The molecule has 0 aliphatic heterocycles. The van der Waals surface area contributed by atoms with Crippen LogP contribution < -0.4 is 11.1 Å². The Morgan fingerprint density at radius 1 is 1.53 bits per heavy atom. The number of ether oxygens (including phenoxy) is 1. The summed E-state index contributed by atoms with van der Waals surface area (Å²) in [6.45, 7) is 1.73. The first-order valence-electron chi connectivity index (χ1n) is 4.72. The summed E-state index contributed by atoms with van der Waals surface area (Å²) < 4.78 is 30.4. The molecule has 1 amide bonds. The Bertz CT molecular complexity index is 218. The van der Waals surface area contributed by atoms with Crippen LogP contribution in [0.4, 0.5) is 8.78 Å². The van der Waals surface area contributed by atoms with Crippen LogP contribution in [0.5, 0.6) is 0 Å². The Hall–Kier alpha value is -0.750. The number of amides is 1. The van der Waals surface area contributed by atoms with Crippen molar-refractivity contribution in [1.29, 1.82) is 0 Å². The van der Waals surface area contributed by atoms with Crippen LogP contribution in [0.3, 0.4) is 0 Å². The van der Waals surface area contributed by atoms with Gasteiger partial charge in [0.05, 0.1) is 13.1 Å². The molecule has 0 aliphatic carbocycles. The van der Waals surface area contributed by atoms with Gasteiger partial charge in [0.1, 0.15) is 5.60 Å². The third-order valence-corrected chi connectivity index (χ3v) is 2.41. The Kier molecular flexibility index (Phi) is 5.10. The molecule has 1 unspecified atom stereocenters. The van der Waals surface area contributed by atoms with Gasteiger partial charge in [-0.25, -0.2) is 8.78 Å². The van der Waals surface area contributed by atoms with Gasteiger partial charge in [-0.1, -0.05) is 6.92 Å². The first kappa shape index (κ1) is 14.2. The topological polar surface area (TPSA) is 64.3 Å². The van der Waals surface area contributed by atoms with Crippen molar-refractivity contribution in [1.82, 2.24) is 5.32 Å². The standard InChI is InChI=1S/C9H18F2N2O2/c1-4-8(2,15-3)7(14)13-6-9(10,11)5-12/h4-6,12H2,1-3H3,(H,13,14). The van der Waals surface area contributed by atoms with E-state index in [0.29, 0.717) is 6.42 Å². The van der Waals surface area contributed by atoms with Crippen LogP contribution in [0.2, 0.25) is 0 Å². The van der Waals surface area contributed by atoms with E-state index in [1.165, 1.54) is 7.11 Å². The molecule has 0 radical (unpaired) electrons. The molecule has 0 rings (SSSR count). The molecule has 0 saturated carbocycles. The molecule has 3 N–H and O–H groups in total. The second-order valence-corrected chi connectivity index (χ2v) is 3.53. The number of carbonyl (C=O) groups excluding carboxylic acids is 1. The lowest BCUT2D eigenvalue weighted by molar-refractivity contribution is -0.143. The van der Waals surface area contributed by atoms with E-state index in [0.717, 1.165) is 0 Å². The van der Waals surface area contributed by atoms with Gasteiger partial charge in [0.2, 0.25) is 0 Å². The fraction of sp³-hybridized carbons (Fsp3) is 0.889. The number of hydrogen-bond donors (Lipinski definition) is 2. The van der Waals surface area contributed by atoms with Crippen molar-refractivity contribution in [2.45, 2.75) is 31.8 Å². The number of halogens is 2. The zero-order valence-electron chi connectivity index (χ0n) is 9.27. The van der Waals surface area contributed by atoms with Crippen LogP contribution in [0.25, 0.3) is 0 Å². The largest absolute Gasteiger partial charge is 0.369 e. The summed E-state index contributed by atoms with van der Waals surface area (Å²) in [7, 11) is 1.37. The van der Waals surface area contributed by atoms with E-state index in [1.54, 1.807) is 13.8 Å². The summed E-state index contributed by atoms with van der Waals surface area (Å²) in [5.41, 5.74) is 3.77. The zero-order valence-corrected chi connectivity index (χ0v) is 9.27. The molecule has 0 fully saturated rings. The molecule has 0 aromatic heterocycles. The smallest absolute Gasteiger partial charge is 0.277 e. The van der Waals surface area contributed by atoms with Crippen molar-refractivity contribution in [3.05, 3.63) is 0 Å². The lowest BCUT2D eigenvalue weighted by atomic mass is 10.0. The molecular formula is C9H18F2N2O2. The first-order valence-corrected chi connectivity index (χ1v) is 4.72. The summed E-state index contributed by atoms with van der Waals surface area (Å²) in [5.74, 6) is -3.63. The van der Waals surface area contributed by atoms with E-state index in [9.17, 15) is 13.6 Å². The predicted octanol–water partition coefficient (Wildman–Crippen LogP) is 0.512. The van der Waals surface area contributed by atoms with E-state index in [-0.39, 0.29) is 0 Å². The first-order chi connectivity index (χ1) is 6.81. The van der Waals surface area contributed by atoms with Crippen molar-refractivity contribution in [3.8, 4) is 0 Å². The molecule has 6 heteroatoms. The van der Waals surface area contributed by atoms with Crippen molar-refractivity contribution >= 4 is 5.91 Å². The molecule has 15 heavy (non-hydrogen) atoms. The molecule has 0 aromatic rings. The van der Waals surface area contributed by atoms with Crippen LogP contribution in [0, 0.1) is 0 Å². The molecule has 0 bridgehead atoms. The third-order valence-electron chi connectivity index (χ3n) is 2.41. The Morgan fingerprint density at radius 3 is 2.40 bits per heavy atom. The highest BCUT2D eigenvalue weighted by atomic mass is 19.3. The fourth-order valence-corrected chi connectivity index (χ4v) is 0.866. The SMILES string of the molecule is CCC(C)(OC)C(=O)NCC(F)(F)CN. The summed E-state index contributed by atoms with van der Waals surface area (Å²) in [5, 5.41) is 2.12. The number of rotatable bonds is 6. The summed E-state index contributed by atoms with van der Waals surface area (Å²) in [6, 6.07) is 0. The maximum Gasteiger partial charge on any atom is 0.277 e. The Labute approximate surface area is 88.2 Å². The molecular weight excluding hydrogens is 206 g/mol. The van der Waals surface area contributed by atoms with Crippen LogP contribution in [-0.4, -0.2) is 37.6 Å². The molecule has 0 aromatic carbocycles. The van der Waals surface area contributed by atoms with E-state index >= 15 is 0 Å². The molecule has 90 valence electrons. The number of carbonyl (C=O) groups is 1. The number of nitrogens with two attached hydrogens (primary N) is 1. The second-order valence-electron chi connectivity index (χ2n) is 3.53. The minimum absolute atomic E-state index is 0.406. The maximum atomic E-state index is 12.7. The quantitative estimate of drug-likeness (QED) is 0.691. The van der Waals surface area contributed by atoms with Gasteiger partial charge in [0.15, 0.2) is 0 Å². The Balaban J connectivity index is 4.26. The van der Waals surface area contributed by atoms with E-state index in [1.807, 2.05) is 0 Å². The average molecular weight is 224 g/mol. The van der Waals surface area contributed by atoms with Crippen molar-refractivity contribution in [3.63, 3.8) is 0 Å².